The molecule has 0 unspecified atom stereocenters. The van der Waals surface area contributed by atoms with Crippen LogP contribution in [-0.4, -0.2) is 33.4 Å². The first-order valence-corrected chi connectivity index (χ1v) is 8.92. The number of guanidine groups is 1. The van der Waals surface area contributed by atoms with Crippen LogP contribution < -0.4 is 30.0 Å². The molecule has 0 fully saturated rings. The lowest BCUT2D eigenvalue weighted by atomic mass is 10.2. The molecule has 0 saturated heterocycles. The van der Waals surface area contributed by atoms with Gasteiger partial charge in [0.15, 0.2) is 29.0 Å². The molecule has 9 heteroatoms. The Kier molecular flexibility index (Phi) is 8.32. The molecule has 2 aromatic rings. The number of alkyl halides is 2. The summed E-state index contributed by atoms with van der Waals surface area (Å²) in [6.45, 7) is -0.434. The average Bonchev–Trinajstić information content (AvgIpc) is 2.72. The summed E-state index contributed by atoms with van der Waals surface area (Å²) in [7, 11) is 3.11. The van der Waals surface area contributed by atoms with Crippen LogP contribution in [0.5, 0.6) is 23.0 Å². The number of nitrogens with one attached hydrogen (secondary N) is 1. The number of hydrogen-bond acceptors (Lipinski definition) is 5. The number of benzene rings is 2. The Labute approximate surface area is 168 Å². The van der Waals surface area contributed by atoms with Crippen molar-refractivity contribution in [3.05, 3.63) is 47.5 Å². The van der Waals surface area contributed by atoms with E-state index < -0.39 is 6.61 Å². The van der Waals surface area contributed by atoms with Gasteiger partial charge in [0.1, 0.15) is 0 Å². The highest BCUT2D eigenvalue weighted by Gasteiger charge is 2.15. The molecule has 7 nitrogen and oxygen atoms in total. The molecule has 0 bridgehead atoms. The summed E-state index contributed by atoms with van der Waals surface area (Å²) >= 11 is 0. The maximum Gasteiger partial charge on any atom is 0.387 e. The third-order valence-corrected chi connectivity index (χ3v) is 3.91. The van der Waals surface area contributed by atoms with Crippen LogP contribution in [0, 0.1) is 0 Å². The molecule has 0 aliphatic carbocycles. The van der Waals surface area contributed by atoms with E-state index in [2.05, 4.69) is 15.0 Å². The van der Waals surface area contributed by atoms with Gasteiger partial charge in [-0.1, -0.05) is 18.2 Å². The van der Waals surface area contributed by atoms with Crippen molar-refractivity contribution in [2.45, 2.75) is 26.6 Å². The lowest BCUT2D eigenvalue weighted by Gasteiger charge is -2.16. The molecule has 158 valence electrons. The van der Waals surface area contributed by atoms with Gasteiger partial charge < -0.3 is 30.0 Å². The van der Waals surface area contributed by atoms with Crippen LogP contribution in [-0.2, 0) is 13.1 Å². The first-order valence-electron chi connectivity index (χ1n) is 8.92. The lowest BCUT2D eigenvalue weighted by molar-refractivity contribution is -0.0520. The van der Waals surface area contributed by atoms with Crippen LogP contribution in [0.25, 0.3) is 0 Å². The summed E-state index contributed by atoms with van der Waals surface area (Å²) in [6, 6.07) is 10.3. The molecule has 2 rings (SSSR count). The first-order chi connectivity index (χ1) is 14.0. The Balaban J connectivity index is 2.06. The van der Waals surface area contributed by atoms with Crippen LogP contribution in [0.15, 0.2) is 41.4 Å². The smallest absolute Gasteiger partial charge is 0.387 e. The van der Waals surface area contributed by atoms with Crippen molar-refractivity contribution in [1.29, 1.82) is 0 Å². The second-order valence-corrected chi connectivity index (χ2v) is 5.80. The number of halogens is 2. The largest absolute Gasteiger partial charge is 0.493 e. The van der Waals surface area contributed by atoms with Gasteiger partial charge in [0, 0.05) is 12.1 Å². The quantitative estimate of drug-likeness (QED) is 0.463. The third kappa shape index (κ3) is 6.41. The van der Waals surface area contributed by atoms with E-state index >= 15 is 0 Å². The van der Waals surface area contributed by atoms with Crippen molar-refractivity contribution in [2.75, 3.05) is 20.8 Å². The van der Waals surface area contributed by atoms with Crippen LogP contribution in [0.3, 0.4) is 0 Å². The molecule has 0 atom stereocenters. The van der Waals surface area contributed by atoms with Crippen molar-refractivity contribution >= 4 is 5.96 Å². The third-order valence-electron chi connectivity index (χ3n) is 3.91. The second-order valence-electron chi connectivity index (χ2n) is 5.80. The lowest BCUT2D eigenvalue weighted by Crippen LogP contribution is -2.31. The Morgan fingerprint density at radius 2 is 1.86 bits per heavy atom. The van der Waals surface area contributed by atoms with Gasteiger partial charge in [-0.15, -0.1) is 0 Å². The van der Waals surface area contributed by atoms with E-state index in [9.17, 15) is 8.78 Å². The molecule has 0 heterocycles. The highest BCUT2D eigenvalue weighted by molar-refractivity contribution is 5.78. The van der Waals surface area contributed by atoms with Gasteiger partial charge in [-0.05, 0) is 30.7 Å². The molecule has 0 radical (unpaired) electrons. The standard InChI is InChI=1S/C20H25F2N3O4/c1-4-28-16-7-5-6-14(18(16)29-19(21)22)12-25-20(23)24-11-13-8-9-15(26-2)17(10-13)27-3/h5-10,19H,4,11-12H2,1-3H3,(H3,23,24,25). The highest BCUT2D eigenvalue weighted by atomic mass is 19.3. The number of ether oxygens (including phenoxy) is 4. The molecule has 0 amide bonds. The number of hydrogen-bond donors (Lipinski definition) is 2. The molecule has 0 aromatic heterocycles. The van der Waals surface area contributed by atoms with Crippen LogP contribution in [0.1, 0.15) is 18.1 Å². The SMILES string of the molecule is CCOc1cccc(CNC(N)=NCc2ccc(OC)c(OC)c2)c1OC(F)F. The molecule has 0 saturated carbocycles. The van der Waals surface area contributed by atoms with Gasteiger partial charge in [0.2, 0.25) is 0 Å². The summed E-state index contributed by atoms with van der Waals surface area (Å²) in [5, 5.41) is 2.89. The van der Waals surface area contributed by atoms with Crippen molar-refractivity contribution in [3.63, 3.8) is 0 Å². The van der Waals surface area contributed by atoms with E-state index in [1.807, 2.05) is 6.07 Å². The maximum absolute atomic E-state index is 12.8. The number of rotatable bonds is 10. The fourth-order valence-electron chi connectivity index (χ4n) is 2.59. The first kappa shape index (κ1) is 22.1. The molecular formula is C20H25F2N3O4. The Morgan fingerprint density at radius 3 is 2.52 bits per heavy atom. The van der Waals surface area contributed by atoms with Crippen LogP contribution in [0.2, 0.25) is 0 Å². The minimum Gasteiger partial charge on any atom is -0.493 e. The van der Waals surface area contributed by atoms with Gasteiger partial charge in [-0.25, -0.2) is 4.99 Å². The van der Waals surface area contributed by atoms with E-state index in [-0.39, 0.29) is 24.0 Å². The van der Waals surface area contributed by atoms with Gasteiger partial charge in [-0.3, -0.25) is 0 Å². The van der Waals surface area contributed by atoms with Crippen LogP contribution in [0.4, 0.5) is 8.78 Å². The van der Waals surface area contributed by atoms with Gasteiger partial charge in [-0.2, -0.15) is 8.78 Å². The summed E-state index contributed by atoms with van der Waals surface area (Å²) in [5.41, 5.74) is 7.25. The number of aliphatic imine (C=N–C) groups is 1. The number of nitrogens with two attached hydrogens (primary N) is 1. The maximum atomic E-state index is 12.8. The molecule has 3 N–H and O–H groups in total. The summed E-state index contributed by atoms with van der Waals surface area (Å²) < 4.78 is 46.0. The zero-order valence-electron chi connectivity index (χ0n) is 16.6. The molecular weight excluding hydrogens is 384 g/mol. The monoisotopic (exact) mass is 409 g/mol. The molecule has 0 aliphatic rings. The molecule has 2 aromatic carbocycles. The van der Waals surface area contributed by atoms with Gasteiger partial charge >= 0.3 is 6.61 Å². The zero-order chi connectivity index (χ0) is 21.2. The number of nitrogens with zero attached hydrogens (tertiary/aromatic N) is 1. The minimum absolute atomic E-state index is 0.0236. The highest BCUT2D eigenvalue weighted by Crippen LogP contribution is 2.32. The van der Waals surface area contributed by atoms with E-state index in [4.69, 9.17) is 19.9 Å². The second kappa shape index (κ2) is 10.9. The van der Waals surface area contributed by atoms with E-state index in [0.717, 1.165) is 5.56 Å². The fraction of sp³-hybridized carbons (Fsp3) is 0.350. The zero-order valence-corrected chi connectivity index (χ0v) is 16.6. The van der Waals surface area contributed by atoms with Crippen molar-refractivity contribution in [2.24, 2.45) is 10.7 Å². The molecule has 29 heavy (non-hydrogen) atoms. The number of methoxy groups -OCH3 is 2. The van der Waals surface area contributed by atoms with Gasteiger partial charge in [0.25, 0.3) is 0 Å². The van der Waals surface area contributed by atoms with Gasteiger partial charge in [0.05, 0.1) is 27.4 Å². The Morgan fingerprint density at radius 1 is 1.10 bits per heavy atom. The van der Waals surface area contributed by atoms with E-state index in [1.165, 1.54) is 0 Å². The van der Waals surface area contributed by atoms with Crippen molar-refractivity contribution < 1.29 is 27.7 Å². The fourth-order valence-corrected chi connectivity index (χ4v) is 2.59. The normalized spacial score (nSPS) is 11.3. The minimum atomic E-state index is -2.97. The predicted molar refractivity (Wildman–Crippen MR) is 106 cm³/mol. The summed E-state index contributed by atoms with van der Waals surface area (Å²) in [4.78, 5) is 4.26. The number of para-hydroxylation sites is 1. The molecule has 0 spiro atoms. The van der Waals surface area contributed by atoms with Crippen LogP contribution >= 0.6 is 0 Å². The average molecular weight is 409 g/mol. The molecule has 0 aliphatic heterocycles. The summed E-state index contributed by atoms with van der Waals surface area (Å²) in [5.74, 6) is 1.59. The summed E-state index contributed by atoms with van der Waals surface area (Å²) in [6.07, 6.45) is 0. The predicted octanol–water partition coefficient (Wildman–Crippen LogP) is 3.31. The Bertz CT molecular complexity index is 831. The van der Waals surface area contributed by atoms with E-state index in [0.29, 0.717) is 30.2 Å². The van der Waals surface area contributed by atoms with Crippen molar-refractivity contribution in [1.82, 2.24) is 5.32 Å². The topological polar surface area (TPSA) is 87.3 Å². The van der Waals surface area contributed by atoms with Crippen molar-refractivity contribution in [3.8, 4) is 23.0 Å². The Hall–Kier alpha value is -3.23. The van der Waals surface area contributed by atoms with E-state index in [1.54, 1.807) is 51.5 Å².